The van der Waals surface area contributed by atoms with Crippen molar-refractivity contribution >= 4 is 34.1 Å². The molecule has 1 aliphatic heterocycles. The summed E-state index contributed by atoms with van der Waals surface area (Å²) in [5.41, 5.74) is -0.477. The fourth-order valence-corrected chi connectivity index (χ4v) is 4.01. The lowest BCUT2D eigenvalue weighted by Crippen LogP contribution is -2.38. The van der Waals surface area contributed by atoms with Gasteiger partial charge in [-0.2, -0.15) is 4.31 Å². The van der Waals surface area contributed by atoms with E-state index in [0.29, 0.717) is 0 Å². The smallest absolute Gasteiger partial charge is 0.322 e. The third kappa shape index (κ3) is 3.83. The molecule has 0 spiro atoms. The van der Waals surface area contributed by atoms with E-state index in [4.69, 9.17) is 0 Å². The largest absolute Gasteiger partial charge is 0.468 e. The van der Waals surface area contributed by atoms with Crippen LogP contribution in [0.1, 0.15) is 6.42 Å². The molecular formula is C13H18ClN3O6S. The lowest BCUT2D eigenvalue weighted by Gasteiger charge is -2.23. The number of sulfonamides is 1. The van der Waals surface area contributed by atoms with Gasteiger partial charge in [0, 0.05) is 25.7 Å². The van der Waals surface area contributed by atoms with Gasteiger partial charge in [-0.25, -0.2) is 8.42 Å². The molecule has 2 rings (SSSR count). The van der Waals surface area contributed by atoms with Crippen LogP contribution in [0, 0.1) is 10.1 Å². The summed E-state index contributed by atoms with van der Waals surface area (Å²) in [6.07, 6.45) is 0.239. The number of nitro benzene ring substituents is 1. The van der Waals surface area contributed by atoms with Crippen molar-refractivity contribution in [2.45, 2.75) is 23.4 Å². The van der Waals surface area contributed by atoms with E-state index in [0.717, 1.165) is 10.4 Å². The van der Waals surface area contributed by atoms with Crippen LogP contribution in [-0.2, 0) is 19.6 Å². The number of hydrogen-bond acceptors (Lipinski definition) is 7. The van der Waals surface area contributed by atoms with Gasteiger partial charge < -0.3 is 10.1 Å². The van der Waals surface area contributed by atoms with Crippen LogP contribution in [0.4, 0.5) is 5.69 Å². The monoisotopic (exact) mass is 379 g/mol. The highest BCUT2D eigenvalue weighted by Gasteiger charge is 2.39. The van der Waals surface area contributed by atoms with Gasteiger partial charge in [0.25, 0.3) is 5.69 Å². The molecule has 1 aromatic carbocycles. The molecule has 134 valence electrons. The van der Waals surface area contributed by atoms with Gasteiger partial charge in [0.1, 0.15) is 6.04 Å². The summed E-state index contributed by atoms with van der Waals surface area (Å²) in [7, 11) is -1.45. The maximum absolute atomic E-state index is 12.7. The number of esters is 1. The highest BCUT2D eigenvalue weighted by Crippen LogP contribution is 2.28. The van der Waals surface area contributed by atoms with Gasteiger partial charge in [-0.15, -0.1) is 12.4 Å². The van der Waals surface area contributed by atoms with Crippen molar-refractivity contribution in [2.24, 2.45) is 0 Å². The molecule has 1 saturated heterocycles. The Labute approximate surface area is 145 Å². The first-order chi connectivity index (χ1) is 10.8. The Bertz CT molecular complexity index is 726. The molecule has 1 aromatic rings. The van der Waals surface area contributed by atoms with Crippen LogP contribution in [0.2, 0.25) is 0 Å². The number of benzene rings is 1. The number of carbonyl (C=O) groups is 1. The van der Waals surface area contributed by atoms with Gasteiger partial charge in [0.05, 0.1) is 12.0 Å². The number of ether oxygens (including phenoxy) is 1. The Morgan fingerprint density at radius 2 is 2.04 bits per heavy atom. The molecule has 1 aliphatic rings. The van der Waals surface area contributed by atoms with Crippen LogP contribution >= 0.6 is 12.4 Å². The number of halogens is 1. The van der Waals surface area contributed by atoms with E-state index in [1.165, 1.54) is 32.4 Å². The molecule has 1 fully saturated rings. The molecule has 0 radical (unpaired) electrons. The molecule has 0 bridgehead atoms. The average Bonchev–Trinajstić information content (AvgIpc) is 3.03. The van der Waals surface area contributed by atoms with Crippen molar-refractivity contribution < 1.29 is 22.9 Å². The van der Waals surface area contributed by atoms with Gasteiger partial charge in [-0.1, -0.05) is 12.1 Å². The molecule has 0 aliphatic carbocycles. The van der Waals surface area contributed by atoms with Crippen LogP contribution in [0.15, 0.2) is 29.2 Å². The summed E-state index contributed by atoms with van der Waals surface area (Å²) in [5.74, 6) is -0.469. The molecule has 11 heteroatoms. The second-order valence-corrected chi connectivity index (χ2v) is 7.09. The predicted molar refractivity (Wildman–Crippen MR) is 87.5 cm³/mol. The number of hydrogen-bond donors (Lipinski definition) is 1. The molecule has 24 heavy (non-hydrogen) atoms. The first-order valence-corrected chi connectivity index (χ1v) is 8.25. The Morgan fingerprint density at radius 1 is 1.42 bits per heavy atom. The normalized spacial score (nSPS) is 20.5. The van der Waals surface area contributed by atoms with Crippen LogP contribution < -0.4 is 5.32 Å². The topological polar surface area (TPSA) is 119 Å². The lowest BCUT2D eigenvalue weighted by molar-refractivity contribution is -0.387. The summed E-state index contributed by atoms with van der Waals surface area (Å²) >= 11 is 0. The summed E-state index contributed by atoms with van der Waals surface area (Å²) in [6.45, 7) is 0.260. The second-order valence-electron chi connectivity index (χ2n) is 5.12. The first-order valence-electron chi connectivity index (χ1n) is 6.81. The number of nitrogens with one attached hydrogen (secondary N) is 1. The number of para-hydroxylation sites is 1. The highest BCUT2D eigenvalue weighted by molar-refractivity contribution is 7.89. The molecule has 2 atom stereocenters. The summed E-state index contributed by atoms with van der Waals surface area (Å²) in [5, 5.41) is 13.9. The van der Waals surface area contributed by atoms with Gasteiger partial charge in [0.15, 0.2) is 4.90 Å². The number of rotatable bonds is 5. The van der Waals surface area contributed by atoms with Crippen molar-refractivity contribution in [2.75, 3.05) is 20.7 Å². The SMILES string of the molecule is COC(=O)[C@@H]1C[C@H](N(C)S(=O)(=O)c2ccccc2[N+](=O)[O-])CN1.Cl. The third-order valence-electron chi connectivity index (χ3n) is 3.83. The zero-order chi connectivity index (χ0) is 17.2. The lowest BCUT2D eigenvalue weighted by atomic mass is 10.2. The minimum Gasteiger partial charge on any atom is -0.468 e. The van der Waals surface area contributed by atoms with Crippen LogP contribution in [0.25, 0.3) is 0 Å². The zero-order valence-corrected chi connectivity index (χ0v) is 14.7. The van der Waals surface area contributed by atoms with E-state index in [2.05, 4.69) is 10.1 Å². The number of carbonyl (C=O) groups excluding carboxylic acids is 1. The highest BCUT2D eigenvalue weighted by atomic mass is 35.5. The maximum atomic E-state index is 12.7. The minimum absolute atomic E-state index is 0. The van der Waals surface area contributed by atoms with Crippen molar-refractivity contribution in [3.05, 3.63) is 34.4 Å². The van der Waals surface area contributed by atoms with Crippen molar-refractivity contribution in [3.63, 3.8) is 0 Å². The Hall–Kier alpha value is -1.75. The van der Waals surface area contributed by atoms with Crippen LogP contribution in [0.5, 0.6) is 0 Å². The number of nitrogens with zero attached hydrogens (tertiary/aromatic N) is 2. The van der Waals surface area contributed by atoms with Crippen molar-refractivity contribution in [3.8, 4) is 0 Å². The van der Waals surface area contributed by atoms with Gasteiger partial charge in [0.2, 0.25) is 10.0 Å². The fourth-order valence-electron chi connectivity index (χ4n) is 2.49. The van der Waals surface area contributed by atoms with E-state index >= 15 is 0 Å². The van der Waals surface area contributed by atoms with E-state index in [1.807, 2.05) is 0 Å². The van der Waals surface area contributed by atoms with Crippen LogP contribution in [0.3, 0.4) is 0 Å². The molecule has 0 unspecified atom stereocenters. The maximum Gasteiger partial charge on any atom is 0.322 e. The van der Waals surface area contributed by atoms with Gasteiger partial charge >= 0.3 is 5.97 Å². The van der Waals surface area contributed by atoms with E-state index in [9.17, 15) is 23.3 Å². The van der Waals surface area contributed by atoms with Gasteiger partial charge in [-0.05, 0) is 12.5 Å². The van der Waals surface area contributed by atoms with E-state index in [-0.39, 0.29) is 30.3 Å². The third-order valence-corrected chi connectivity index (χ3v) is 5.78. The molecule has 0 amide bonds. The van der Waals surface area contributed by atoms with Gasteiger partial charge in [-0.3, -0.25) is 14.9 Å². The Kier molecular flexibility index (Phi) is 6.67. The Balaban J connectivity index is 0.00000288. The Morgan fingerprint density at radius 3 is 2.62 bits per heavy atom. The molecule has 1 N–H and O–H groups in total. The molecule has 9 nitrogen and oxygen atoms in total. The van der Waals surface area contributed by atoms with E-state index < -0.39 is 38.7 Å². The van der Waals surface area contributed by atoms with E-state index in [1.54, 1.807) is 0 Å². The molecule has 0 saturated carbocycles. The standard InChI is InChI=1S/C13H17N3O6S.ClH/c1-15(9-7-10(14-8-9)13(17)22-2)23(20,21)12-6-4-3-5-11(12)16(18)19;/h3-6,9-10,14H,7-8H2,1-2H3;1H/t9-,10-;/m0./s1. The first kappa shape index (κ1) is 20.3. The molecular weight excluding hydrogens is 362 g/mol. The fraction of sp³-hybridized carbons (Fsp3) is 0.462. The number of likely N-dealkylation sites (N-methyl/N-ethyl adjacent to an activating group) is 1. The van der Waals surface area contributed by atoms with Crippen molar-refractivity contribution in [1.29, 1.82) is 0 Å². The van der Waals surface area contributed by atoms with Crippen LogP contribution in [-0.4, -0.2) is 56.4 Å². The molecule has 1 heterocycles. The number of nitro groups is 1. The zero-order valence-electron chi connectivity index (χ0n) is 13.0. The predicted octanol–water partition coefficient (Wildman–Crippen LogP) is 0.541. The summed E-state index contributed by atoms with van der Waals surface area (Å²) < 4.78 is 31.0. The summed E-state index contributed by atoms with van der Waals surface area (Å²) in [4.78, 5) is 21.4. The quantitative estimate of drug-likeness (QED) is 0.450. The average molecular weight is 380 g/mol. The second kappa shape index (κ2) is 7.88. The number of methoxy groups -OCH3 is 1. The molecule has 0 aromatic heterocycles. The summed E-state index contributed by atoms with van der Waals surface area (Å²) in [6, 6.07) is 4.09. The van der Waals surface area contributed by atoms with Crippen molar-refractivity contribution in [1.82, 2.24) is 9.62 Å². The minimum atomic E-state index is -4.05.